The third-order valence-corrected chi connectivity index (χ3v) is 3.27. The molecule has 1 aromatic carbocycles. The molecule has 0 aliphatic heterocycles. The van der Waals surface area contributed by atoms with Crippen LogP contribution in [-0.4, -0.2) is 33.4 Å². The molecular weight excluding hydrogens is 288 g/mol. The van der Waals surface area contributed by atoms with Crippen molar-refractivity contribution in [3.05, 3.63) is 34.9 Å². The molecule has 0 unspecified atom stereocenters. The molecule has 0 fully saturated rings. The summed E-state index contributed by atoms with van der Waals surface area (Å²) in [6.45, 7) is 5.93. The van der Waals surface area contributed by atoms with Crippen molar-refractivity contribution in [2.24, 2.45) is 0 Å². The topological polar surface area (TPSA) is 71.9 Å². The summed E-state index contributed by atoms with van der Waals surface area (Å²) in [5, 5.41) is 9.64. The number of carbonyl (C=O) groups is 1. The van der Waals surface area contributed by atoms with Gasteiger partial charge in [-0.3, -0.25) is 14.5 Å². The SMILES string of the molecule is CCO[C@H](C)C(=O)Nc1cccc(-n2c(C)n[nH]c2=S)c1. The van der Waals surface area contributed by atoms with Crippen molar-refractivity contribution >= 4 is 23.8 Å². The molecule has 0 saturated carbocycles. The number of aromatic amines is 1. The summed E-state index contributed by atoms with van der Waals surface area (Å²) in [6, 6.07) is 7.42. The van der Waals surface area contributed by atoms with Crippen LogP contribution in [-0.2, 0) is 9.53 Å². The zero-order chi connectivity index (χ0) is 15.4. The molecule has 112 valence electrons. The second-order valence-electron chi connectivity index (χ2n) is 4.55. The fraction of sp³-hybridized carbons (Fsp3) is 0.357. The number of amides is 1. The molecule has 2 N–H and O–H groups in total. The molecule has 0 aliphatic rings. The Balaban J connectivity index is 2.23. The average Bonchev–Trinajstić information content (AvgIpc) is 2.78. The lowest BCUT2D eigenvalue weighted by Crippen LogP contribution is -2.27. The summed E-state index contributed by atoms with van der Waals surface area (Å²) in [5.74, 6) is 0.577. The maximum absolute atomic E-state index is 12.0. The Hall–Kier alpha value is -1.99. The minimum Gasteiger partial charge on any atom is -0.369 e. The molecule has 6 nitrogen and oxygen atoms in total. The van der Waals surface area contributed by atoms with Gasteiger partial charge in [-0.2, -0.15) is 5.10 Å². The Morgan fingerprint density at radius 2 is 2.33 bits per heavy atom. The first kappa shape index (κ1) is 15.4. The van der Waals surface area contributed by atoms with Gasteiger partial charge < -0.3 is 10.1 Å². The first-order chi connectivity index (χ1) is 10.0. The number of ether oxygens (including phenoxy) is 1. The lowest BCUT2D eigenvalue weighted by molar-refractivity contribution is -0.126. The summed E-state index contributed by atoms with van der Waals surface area (Å²) in [5.41, 5.74) is 1.53. The monoisotopic (exact) mass is 306 g/mol. The maximum atomic E-state index is 12.0. The van der Waals surface area contributed by atoms with Crippen LogP contribution in [0.5, 0.6) is 0 Å². The Morgan fingerprint density at radius 1 is 1.57 bits per heavy atom. The van der Waals surface area contributed by atoms with Crippen LogP contribution in [0.4, 0.5) is 5.69 Å². The molecule has 0 radical (unpaired) electrons. The van der Waals surface area contributed by atoms with Gasteiger partial charge in [-0.25, -0.2) is 0 Å². The predicted molar refractivity (Wildman–Crippen MR) is 83.2 cm³/mol. The molecule has 0 aliphatic carbocycles. The van der Waals surface area contributed by atoms with E-state index in [1.165, 1.54) is 0 Å². The number of carbonyl (C=O) groups excluding carboxylic acids is 1. The van der Waals surface area contributed by atoms with Crippen molar-refractivity contribution in [3.8, 4) is 5.69 Å². The van der Waals surface area contributed by atoms with Gasteiger partial charge in [0, 0.05) is 12.3 Å². The number of hydrogen-bond donors (Lipinski definition) is 2. The highest BCUT2D eigenvalue weighted by atomic mass is 32.1. The van der Waals surface area contributed by atoms with Crippen LogP contribution in [0.15, 0.2) is 24.3 Å². The van der Waals surface area contributed by atoms with E-state index in [1.54, 1.807) is 11.5 Å². The number of nitrogens with one attached hydrogen (secondary N) is 2. The molecule has 2 rings (SSSR count). The fourth-order valence-corrected chi connectivity index (χ4v) is 2.26. The van der Waals surface area contributed by atoms with E-state index < -0.39 is 6.10 Å². The van der Waals surface area contributed by atoms with Crippen LogP contribution >= 0.6 is 12.2 Å². The van der Waals surface area contributed by atoms with Gasteiger partial charge in [-0.1, -0.05) is 6.07 Å². The summed E-state index contributed by atoms with van der Waals surface area (Å²) in [6.07, 6.45) is -0.489. The number of hydrogen-bond acceptors (Lipinski definition) is 4. The van der Waals surface area contributed by atoms with Gasteiger partial charge in [0.15, 0.2) is 4.77 Å². The third-order valence-electron chi connectivity index (χ3n) is 3.00. The molecule has 0 bridgehead atoms. The predicted octanol–water partition coefficient (Wildman–Crippen LogP) is 2.60. The van der Waals surface area contributed by atoms with Crippen LogP contribution in [0.3, 0.4) is 0 Å². The lowest BCUT2D eigenvalue weighted by Gasteiger charge is -2.13. The molecule has 1 amide bonds. The molecule has 0 saturated heterocycles. The standard InChI is InChI=1S/C14H18N4O2S/c1-4-20-9(2)13(19)15-11-6-5-7-12(8-11)18-10(3)16-17-14(18)21/h5-9H,4H2,1-3H3,(H,15,19)(H,17,21)/t9-/m1/s1. The van der Waals surface area contributed by atoms with Crippen LogP contribution in [0.2, 0.25) is 0 Å². The normalized spacial score (nSPS) is 12.1. The van der Waals surface area contributed by atoms with Crippen molar-refractivity contribution in [1.82, 2.24) is 14.8 Å². The molecule has 1 heterocycles. The zero-order valence-corrected chi connectivity index (χ0v) is 13.0. The summed E-state index contributed by atoms with van der Waals surface area (Å²) in [4.78, 5) is 12.0. The molecule has 7 heteroatoms. The van der Waals surface area contributed by atoms with Crippen molar-refractivity contribution in [1.29, 1.82) is 0 Å². The number of aromatic nitrogens is 3. The van der Waals surface area contributed by atoms with Crippen LogP contribution in [0.1, 0.15) is 19.7 Å². The first-order valence-electron chi connectivity index (χ1n) is 6.70. The number of benzene rings is 1. The highest BCUT2D eigenvalue weighted by molar-refractivity contribution is 7.71. The molecule has 1 atom stereocenters. The van der Waals surface area contributed by atoms with Crippen molar-refractivity contribution in [2.45, 2.75) is 26.9 Å². The van der Waals surface area contributed by atoms with Crippen LogP contribution in [0, 0.1) is 11.7 Å². The Bertz CT molecular complexity index is 692. The van der Waals surface area contributed by atoms with E-state index in [-0.39, 0.29) is 5.91 Å². The molecule has 1 aromatic heterocycles. The quantitative estimate of drug-likeness (QED) is 0.833. The fourth-order valence-electron chi connectivity index (χ4n) is 1.97. The van der Waals surface area contributed by atoms with Crippen molar-refractivity contribution in [3.63, 3.8) is 0 Å². The van der Waals surface area contributed by atoms with Gasteiger partial charge in [0.1, 0.15) is 11.9 Å². The molecular formula is C14H18N4O2S. The minimum absolute atomic E-state index is 0.179. The number of rotatable bonds is 5. The molecule has 2 aromatic rings. The third kappa shape index (κ3) is 3.56. The van der Waals surface area contributed by atoms with E-state index in [1.807, 2.05) is 38.1 Å². The molecule has 21 heavy (non-hydrogen) atoms. The van der Waals surface area contributed by atoms with Crippen molar-refractivity contribution < 1.29 is 9.53 Å². The van der Waals surface area contributed by atoms with E-state index in [0.717, 1.165) is 11.5 Å². The highest BCUT2D eigenvalue weighted by Gasteiger charge is 2.13. The minimum atomic E-state index is -0.489. The van der Waals surface area contributed by atoms with Gasteiger partial charge in [-0.05, 0) is 51.2 Å². The maximum Gasteiger partial charge on any atom is 0.253 e. The Kier molecular flexibility index (Phi) is 4.87. The number of H-pyrrole nitrogens is 1. The van der Waals surface area contributed by atoms with Crippen LogP contribution in [0.25, 0.3) is 5.69 Å². The number of aryl methyl sites for hydroxylation is 1. The smallest absolute Gasteiger partial charge is 0.253 e. The lowest BCUT2D eigenvalue weighted by atomic mass is 10.2. The first-order valence-corrected chi connectivity index (χ1v) is 7.10. The number of nitrogens with zero attached hydrogens (tertiary/aromatic N) is 2. The van der Waals surface area contributed by atoms with Crippen LogP contribution < -0.4 is 5.32 Å². The van der Waals surface area contributed by atoms with E-state index in [2.05, 4.69) is 15.5 Å². The number of anilines is 1. The second kappa shape index (κ2) is 6.64. The largest absolute Gasteiger partial charge is 0.369 e. The second-order valence-corrected chi connectivity index (χ2v) is 4.94. The van der Waals surface area contributed by atoms with Gasteiger partial charge in [0.05, 0.1) is 5.69 Å². The summed E-state index contributed by atoms with van der Waals surface area (Å²) in [7, 11) is 0. The van der Waals surface area contributed by atoms with Gasteiger partial charge in [-0.15, -0.1) is 0 Å². The Morgan fingerprint density at radius 3 is 2.95 bits per heavy atom. The van der Waals surface area contributed by atoms with E-state index in [4.69, 9.17) is 17.0 Å². The zero-order valence-electron chi connectivity index (χ0n) is 12.2. The molecule has 0 spiro atoms. The van der Waals surface area contributed by atoms with Gasteiger partial charge in [0.2, 0.25) is 0 Å². The van der Waals surface area contributed by atoms with Gasteiger partial charge >= 0.3 is 0 Å². The van der Waals surface area contributed by atoms with E-state index >= 15 is 0 Å². The van der Waals surface area contributed by atoms with Crippen molar-refractivity contribution in [2.75, 3.05) is 11.9 Å². The highest BCUT2D eigenvalue weighted by Crippen LogP contribution is 2.16. The summed E-state index contributed by atoms with van der Waals surface area (Å²) >= 11 is 5.20. The Labute approximate surface area is 128 Å². The van der Waals surface area contributed by atoms with E-state index in [9.17, 15) is 4.79 Å². The van der Waals surface area contributed by atoms with E-state index in [0.29, 0.717) is 17.1 Å². The average molecular weight is 306 g/mol. The van der Waals surface area contributed by atoms with Gasteiger partial charge in [0.25, 0.3) is 5.91 Å². The summed E-state index contributed by atoms with van der Waals surface area (Å²) < 4.78 is 7.58.